The Bertz CT molecular complexity index is 160. The van der Waals surface area contributed by atoms with Crippen LogP contribution in [-0.4, -0.2) is 4.98 Å². The average molecular weight is 105 g/mol. The van der Waals surface area contributed by atoms with Crippen molar-refractivity contribution in [3.8, 4) is 0 Å². The molecule has 0 amide bonds. The zero-order valence-corrected chi connectivity index (χ0v) is 4.76. The van der Waals surface area contributed by atoms with Gasteiger partial charge in [-0.1, -0.05) is 6.07 Å². The van der Waals surface area contributed by atoms with Crippen LogP contribution >= 0.6 is 0 Å². The van der Waals surface area contributed by atoms with Crippen molar-refractivity contribution in [1.82, 2.24) is 4.98 Å². The molecule has 1 heteroatoms. The lowest BCUT2D eigenvalue weighted by Crippen LogP contribution is -1.81. The average Bonchev–Trinajstić information content (AvgIpc) is 1.77. The lowest BCUT2D eigenvalue weighted by atomic mass is 10.2. The van der Waals surface area contributed by atoms with Crippen molar-refractivity contribution in [1.29, 1.82) is 0 Å². The Morgan fingerprint density at radius 1 is 1.62 bits per heavy atom. The second-order valence-corrected chi connectivity index (χ2v) is 1.71. The minimum atomic E-state index is 0.618. The van der Waals surface area contributed by atoms with Gasteiger partial charge in [0.2, 0.25) is 0 Å². The number of nitrogens with zero attached hydrogens (tertiary/aromatic N) is 1. The molecule has 1 nitrogen and oxygen atoms in total. The summed E-state index contributed by atoms with van der Waals surface area (Å²) in [6, 6.07) is 3.80. The summed E-state index contributed by atoms with van der Waals surface area (Å²) < 4.78 is 0. The molecule has 0 saturated carbocycles. The molecule has 0 fully saturated rings. The number of aryl methyl sites for hydroxylation is 1. The van der Waals surface area contributed by atoms with E-state index < -0.39 is 0 Å². The Hall–Kier alpha value is -0.850. The standard InChI is InChI=1S/C7H7N/c1-6-4-3-5-8-7(6)2/h2-5H,1H3. The maximum Gasteiger partial charge on any atom is 0.0477 e. The maximum atomic E-state index is 5.41. The topological polar surface area (TPSA) is 12.9 Å². The van der Waals surface area contributed by atoms with E-state index in [-0.39, 0.29) is 0 Å². The van der Waals surface area contributed by atoms with Crippen molar-refractivity contribution in [3.63, 3.8) is 0 Å². The van der Waals surface area contributed by atoms with E-state index >= 15 is 0 Å². The molecule has 1 rings (SSSR count). The second-order valence-electron chi connectivity index (χ2n) is 1.71. The van der Waals surface area contributed by atoms with E-state index in [1.807, 2.05) is 19.1 Å². The molecule has 0 atom stereocenters. The quantitative estimate of drug-likeness (QED) is 0.486. The van der Waals surface area contributed by atoms with Crippen molar-refractivity contribution >= 4 is 0 Å². The van der Waals surface area contributed by atoms with Crippen LogP contribution < -0.4 is 0 Å². The first kappa shape index (κ1) is 5.29. The molecule has 0 aliphatic rings. The molecule has 0 aliphatic heterocycles. The molecule has 1 aromatic rings. The molecule has 40 valence electrons. The Balaban J connectivity index is 3.13. The number of hydrogen-bond acceptors (Lipinski definition) is 1. The molecule has 0 spiro atoms. The normalized spacial score (nSPS) is 9.25. The van der Waals surface area contributed by atoms with Gasteiger partial charge in [0, 0.05) is 18.8 Å². The third kappa shape index (κ3) is 0.861. The van der Waals surface area contributed by atoms with E-state index in [1.54, 1.807) is 6.20 Å². The van der Waals surface area contributed by atoms with Gasteiger partial charge in [-0.3, -0.25) is 4.98 Å². The largest absolute Gasteiger partial charge is 0.261 e. The van der Waals surface area contributed by atoms with Crippen LogP contribution in [0.1, 0.15) is 11.3 Å². The fraction of sp³-hybridized carbons (Fsp3) is 0.143. The number of rotatable bonds is 0. The summed E-state index contributed by atoms with van der Waals surface area (Å²) in [5, 5.41) is 0. The molecule has 1 aromatic heterocycles. The van der Waals surface area contributed by atoms with Crippen LogP contribution in [0.5, 0.6) is 0 Å². The Labute approximate surface area is 49.4 Å². The molecule has 0 unspecified atom stereocenters. The van der Waals surface area contributed by atoms with Crippen LogP contribution in [-0.2, 0) is 0 Å². The van der Waals surface area contributed by atoms with Crippen LogP contribution in [0, 0.1) is 13.8 Å². The fourth-order valence-corrected chi connectivity index (χ4v) is 0.498. The lowest BCUT2D eigenvalue weighted by molar-refractivity contribution is 1.21. The summed E-state index contributed by atoms with van der Waals surface area (Å²) in [6.07, 6.45) is 1.68. The predicted molar refractivity (Wildman–Crippen MR) is 32.4 cm³/mol. The second kappa shape index (κ2) is 1.95. The zero-order valence-electron chi connectivity index (χ0n) is 4.76. The predicted octanol–water partition coefficient (Wildman–Crippen LogP) is 1.45. The van der Waals surface area contributed by atoms with Crippen LogP contribution in [0.3, 0.4) is 0 Å². The molecule has 2 radical (unpaired) electrons. The molecule has 0 bridgehead atoms. The van der Waals surface area contributed by atoms with Crippen molar-refractivity contribution in [3.05, 3.63) is 36.5 Å². The van der Waals surface area contributed by atoms with Crippen LogP contribution in [0.2, 0.25) is 0 Å². The molecule has 0 N–H and O–H groups in total. The first-order valence-corrected chi connectivity index (χ1v) is 2.48. The smallest absolute Gasteiger partial charge is 0.0477 e. The van der Waals surface area contributed by atoms with Gasteiger partial charge in [0.1, 0.15) is 0 Å². The lowest BCUT2D eigenvalue weighted by Gasteiger charge is -1.91. The SMILES string of the molecule is [CH]c1ncccc1C. The van der Waals surface area contributed by atoms with Gasteiger partial charge < -0.3 is 0 Å². The first-order chi connectivity index (χ1) is 3.80. The van der Waals surface area contributed by atoms with Crippen LogP contribution in [0.15, 0.2) is 18.3 Å². The summed E-state index contributed by atoms with van der Waals surface area (Å²) in [5.41, 5.74) is 1.65. The third-order valence-corrected chi connectivity index (χ3v) is 1.05. The van der Waals surface area contributed by atoms with Gasteiger partial charge in [-0.25, -0.2) is 0 Å². The van der Waals surface area contributed by atoms with E-state index in [4.69, 9.17) is 6.92 Å². The van der Waals surface area contributed by atoms with E-state index in [0.717, 1.165) is 5.56 Å². The van der Waals surface area contributed by atoms with Crippen LogP contribution in [0.25, 0.3) is 0 Å². The van der Waals surface area contributed by atoms with Crippen molar-refractivity contribution in [2.24, 2.45) is 0 Å². The Morgan fingerprint density at radius 2 is 2.38 bits per heavy atom. The van der Waals surface area contributed by atoms with Gasteiger partial charge in [-0.15, -0.1) is 0 Å². The highest BCUT2D eigenvalue weighted by Crippen LogP contribution is 1.98. The summed E-state index contributed by atoms with van der Waals surface area (Å²) in [5.74, 6) is 0. The Morgan fingerprint density at radius 3 is 2.75 bits per heavy atom. The fourth-order valence-electron chi connectivity index (χ4n) is 0.498. The van der Waals surface area contributed by atoms with Gasteiger partial charge in [-0.2, -0.15) is 0 Å². The third-order valence-electron chi connectivity index (χ3n) is 1.05. The molecule has 0 saturated heterocycles. The van der Waals surface area contributed by atoms with Gasteiger partial charge >= 0.3 is 0 Å². The van der Waals surface area contributed by atoms with E-state index in [0.29, 0.717) is 5.69 Å². The van der Waals surface area contributed by atoms with Gasteiger partial charge in [0.15, 0.2) is 0 Å². The van der Waals surface area contributed by atoms with Crippen molar-refractivity contribution in [2.75, 3.05) is 0 Å². The minimum Gasteiger partial charge on any atom is -0.261 e. The molecular weight excluding hydrogens is 98.1 g/mol. The van der Waals surface area contributed by atoms with Gasteiger partial charge in [-0.05, 0) is 18.6 Å². The van der Waals surface area contributed by atoms with E-state index in [1.165, 1.54) is 0 Å². The highest BCUT2D eigenvalue weighted by Gasteiger charge is 1.86. The summed E-state index contributed by atoms with van der Waals surface area (Å²) >= 11 is 0. The van der Waals surface area contributed by atoms with Crippen molar-refractivity contribution < 1.29 is 0 Å². The number of pyridine rings is 1. The molecule has 8 heavy (non-hydrogen) atoms. The number of hydrogen-bond donors (Lipinski definition) is 0. The zero-order chi connectivity index (χ0) is 5.98. The summed E-state index contributed by atoms with van der Waals surface area (Å²) in [4.78, 5) is 3.86. The van der Waals surface area contributed by atoms with Crippen molar-refractivity contribution in [2.45, 2.75) is 6.92 Å². The summed E-state index contributed by atoms with van der Waals surface area (Å²) in [7, 11) is 0. The molecule has 0 aliphatic carbocycles. The summed E-state index contributed by atoms with van der Waals surface area (Å²) in [6.45, 7) is 7.34. The van der Waals surface area contributed by atoms with Gasteiger partial charge in [0.05, 0.1) is 0 Å². The molecular formula is C7H7N. The minimum absolute atomic E-state index is 0.618. The Kier molecular flexibility index (Phi) is 1.29. The monoisotopic (exact) mass is 105 g/mol. The highest BCUT2D eigenvalue weighted by molar-refractivity contribution is 5.19. The van der Waals surface area contributed by atoms with Crippen LogP contribution in [0.4, 0.5) is 0 Å². The maximum absolute atomic E-state index is 5.41. The highest BCUT2D eigenvalue weighted by atomic mass is 14.6. The van der Waals surface area contributed by atoms with E-state index in [2.05, 4.69) is 4.98 Å². The molecule has 0 aromatic carbocycles. The van der Waals surface area contributed by atoms with Gasteiger partial charge in [0.25, 0.3) is 0 Å². The number of aromatic nitrogens is 1. The molecule has 1 heterocycles. The first-order valence-electron chi connectivity index (χ1n) is 2.48. The van der Waals surface area contributed by atoms with E-state index in [9.17, 15) is 0 Å².